The molecule has 0 aromatic carbocycles. The largest absolute Gasteiger partial charge is 0.481 e. The summed E-state index contributed by atoms with van der Waals surface area (Å²) in [5, 5.41) is 7.38. The molecule has 0 aromatic rings. The average Bonchev–Trinajstić information content (AvgIpc) is 2.20. The van der Waals surface area contributed by atoms with Crippen LogP contribution in [0.15, 0.2) is 0 Å². The summed E-state index contributed by atoms with van der Waals surface area (Å²) in [6, 6.07) is 0. The van der Waals surface area contributed by atoms with Gasteiger partial charge in [0.05, 0.1) is 6.61 Å². The number of nitrogens with zero attached hydrogens (tertiary/aromatic N) is 1. The molecule has 0 fully saturated rings. The van der Waals surface area contributed by atoms with Crippen molar-refractivity contribution in [3.63, 3.8) is 0 Å². The van der Waals surface area contributed by atoms with E-state index in [4.69, 9.17) is 10.1 Å². The van der Waals surface area contributed by atoms with E-state index < -0.39 is 0 Å². The molecule has 4 heteroatoms. The molecule has 0 saturated heterocycles. The van der Waals surface area contributed by atoms with E-state index in [2.05, 4.69) is 0 Å². The lowest BCUT2D eigenvalue weighted by Gasteiger charge is -2.18. The van der Waals surface area contributed by atoms with Gasteiger partial charge in [0.1, 0.15) is 0 Å². The normalized spacial score (nSPS) is 9.80. The van der Waals surface area contributed by atoms with Crippen LogP contribution in [-0.4, -0.2) is 36.4 Å². The quantitative estimate of drug-likeness (QED) is 0.521. The second-order valence-corrected chi connectivity index (χ2v) is 3.28. The van der Waals surface area contributed by atoms with E-state index in [-0.39, 0.29) is 11.8 Å². The molecular formula is C11H22N2O2. The van der Waals surface area contributed by atoms with Crippen molar-refractivity contribution in [1.82, 2.24) is 4.90 Å². The molecule has 0 rings (SSSR count). The Balaban J connectivity index is 3.67. The summed E-state index contributed by atoms with van der Waals surface area (Å²) in [5.41, 5.74) is 0. The van der Waals surface area contributed by atoms with Gasteiger partial charge in [-0.1, -0.05) is 0 Å². The molecule has 0 aliphatic heterocycles. The van der Waals surface area contributed by atoms with E-state index in [1.807, 2.05) is 25.7 Å². The van der Waals surface area contributed by atoms with Crippen molar-refractivity contribution in [1.29, 1.82) is 5.41 Å². The second-order valence-electron chi connectivity index (χ2n) is 3.28. The van der Waals surface area contributed by atoms with Crippen LogP contribution in [0.4, 0.5) is 0 Å². The molecule has 0 atom stereocenters. The predicted octanol–water partition coefficient (Wildman–Crippen LogP) is 2.04. The summed E-state index contributed by atoms with van der Waals surface area (Å²) in [7, 11) is 0. The van der Waals surface area contributed by atoms with Gasteiger partial charge in [0.2, 0.25) is 5.91 Å². The second kappa shape index (κ2) is 8.26. The Labute approximate surface area is 92.1 Å². The van der Waals surface area contributed by atoms with Gasteiger partial charge in [0.25, 0.3) is 0 Å². The van der Waals surface area contributed by atoms with Crippen LogP contribution in [-0.2, 0) is 9.53 Å². The molecule has 0 spiro atoms. The summed E-state index contributed by atoms with van der Waals surface area (Å²) in [6.07, 6.45) is 1.77. The number of carbonyl (C=O) groups is 1. The van der Waals surface area contributed by atoms with Gasteiger partial charge in [0, 0.05) is 25.9 Å². The molecule has 15 heavy (non-hydrogen) atoms. The predicted molar refractivity (Wildman–Crippen MR) is 61.1 cm³/mol. The number of carbonyl (C=O) groups excluding carboxylic acids is 1. The van der Waals surface area contributed by atoms with Crippen LogP contribution < -0.4 is 0 Å². The minimum atomic E-state index is 0.171. The fourth-order valence-electron chi connectivity index (χ4n) is 1.38. The lowest BCUT2D eigenvalue weighted by atomic mass is 10.2. The summed E-state index contributed by atoms with van der Waals surface area (Å²) in [5.74, 6) is 0.453. The summed E-state index contributed by atoms with van der Waals surface area (Å²) in [4.78, 5) is 13.4. The first-order valence-corrected chi connectivity index (χ1v) is 5.63. The molecule has 88 valence electrons. The van der Waals surface area contributed by atoms with Crippen molar-refractivity contribution in [2.24, 2.45) is 0 Å². The minimum Gasteiger partial charge on any atom is -0.481 e. The SMILES string of the molecule is CCOC(=N)CCCC(=O)N(CC)CC. The smallest absolute Gasteiger partial charge is 0.222 e. The number of ether oxygens (including phenoxy) is 1. The lowest BCUT2D eigenvalue weighted by Crippen LogP contribution is -2.30. The first-order chi connectivity index (χ1) is 7.15. The van der Waals surface area contributed by atoms with Crippen LogP contribution in [0, 0.1) is 5.41 Å². The Morgan fingerprint density at radius 3 is 2.27 bits per heavy atom. The zero-order valence-corrected chi connectivity index (χ0v) is 10.0. The molecule has 0 bridgehead atoms. The third kappa shape index (κ3) is 6.10. The number of amides is 1. The number of nitrogens with one attached hydrogen (secondary N) is 1. The van der Waals surface area contributed by atoms with E-state index >= 15 is 0 Å². The van der Waals surface area contributed by atoms with Crippen molar-refractivity contribution < 1.29 is 9.53 Å². The average molecular weight is 214 g/mol. The fraction of sp³-hybridized carbons (Fsp3) is 0.818. The first-order valence-electron chi connectivity index (χ1n) is 5.63. The molecular weight excluding hydrogens is 192 g/mol. The van der Waals surface area contributed by atoms with E-state index in [9.17, 15) is 4.79 Å². The molecule has 1 amide bonds. The Hall–Kier alpha value is -1.06. The topological polar surface area (TPSA) is 53.4 Å². The highest BCUT2D eigenvalue weighted by Crippen LogP contribution is 2.02. The van der Waals surface area contributed by atoms with Crippen LogP contribution in [0.25, 0.3) is 0 Å². The van der Waals surface area contributed by atoms with Crippen molar-refractivity contribution >= 4 is 11.8 Å². The zero-order valence-electron chi connectivity index (χ0n) is 10.0. The highest BCUT2D eigenvalue weighted by atomic mass is 16.5. The molecule has 0 radical (unpaired) electrons. The Bertz CT molecular complexity index is 201. The van der Waals surface area contributed by atoms with Crippen molar-refractivity contribution in [3.8, 4) is 0 Å². The number of rotatable bonds is 7. The van der Waals surface area contributed by atoms with Gasteiger partial charge in [-0.15, -0.1) is 0 Å². The number of hydrogen-bond donors (Lipinski definition) is 1. The summed E-state index contributed by atoms with van der Waals surface area (Å²) >= 11 is 0. The monoisotopic (exact) mass is 214 g/mol. The van der Waals surface area contributed by atoms with E-state index in [1.165, 1.54) is 0 Å². The fourth-order valence-corrected chi connectivity index (χ4v) is 1.38. The van der Waals surface area contributed by atoms with Crippen LogP contribution in [0.3, 0.4) is 0 Å². The summed E-state index contributed by atoms with van der Waals surface area (Å²) in [6.45, 7) is 7.86. The molecule has 0 aromatic heterocycles. The van der Waals surface area contributed by atoms with Crippen molar-refractivity contribution in [2.45, 2.75) is 40.0 Å². The van der Waals surface area contributed by atoms with Gasteiger partial charge in [-0.2, -0.15) is 0 Å². The van der Waals surface area contributed by atoms with Crippen LogP contribution in [0.2, 0.25) is 0 Å². The lowest BCUT2D eigenvalue weighted by molar-refractivity contribution is -0.130. The molecule has 0 saturated carbocycles. The maximum Gasteiger partial charge on any atom is 0.222 e. The molecule has 0 aliphatic rings. The Kier molecular flexibility index (Phi) is 7.68. The highest BCUT2D eigenvalue weighted by molar-refractivity contribution is 5.77. The molecule has 0 aliphatic carbocycles. The maximum atomic E-state index is 11.6. The van der Waals surface area contributed by atoms with Crippen molar-refractivity contribution in [2.75, 3.05) is 19.7 Å². The molecule has 0 heterocycles. The van der Waals surface area contributed by atoms with Crippen LogP contribution in [0.1, 0.15) is 40.0 Å². The van der Waals surface area contributed by atoms with Gasteiger partial charge < -0.3 is 9.64 Å². The summed E-state index contributed by atoms with van der Waals surface area (Å²) < 4.78 is 5.00. The van der Waals surface area contributed by atoms with Gasteiger partial charge in [0.15, 0.2) is 5.90 Å². The van der Waals surface area contributed by atoms with Crippen LogP contribution >= 0.6 is 0 Å². The van der Waals surface area contributed by atoms with Gasteiger partial charge in [-0.05, 0) is 27.2 Å². The molecule has 0 unspecified atom stereocenters. The van der Waals surface area contributed by atoms with E-state index in [0.29, 0.717) is 25.9 Å². The Morgan fingerprint density at radius 1 is 1.20 bits per heavy atom. The third-order valence-corrected chi connectivity index (χ3v) is 2.23. The maximum absolute atomic E-state index is 11.6. The van der Waals surface area contributed by atoms with Crippen LogP contribution in [0.5, 0.6) is 0 Å². The Morgan fingerprint density at radius 2 is 1.80 bits per heavy atom. The number of hydrogen-bond acceptors (Lipinski definition) is 3. The minimum absolute atomic E-state index is 0.171. The van der Waals surface area contributed by atoms with Gasteiger partial charge >= 0.3 is 0 Å². The first kappa shape index (κ1) is 13.9. The van der Waals surface area contributed by atoms with E-state index in [1.54, 1.807) is 0 Å². The van der Waals surface area contributed by atoms with Gasteiger partial charge in [-0.3, -0.25) is 10.2 Å². The molecule has 1 N–H and O–H groups in total. The third-order valence-electron chi connectivity index (χ3n) is 2.23. The molecule has 4 nitrogen and oxygen atoms in total. The van der Waals surface area contributed by atoms with Gasteiger partial charge in [-0.25, -0.2) is 0 Å². The van der Waals surface area contributed by atoms with E-state index in [0.717, 1.165) is 13.1 Å². The zero-order chi connectivity index (χ0) is 11.7. The highest BCUT2D eigenvalue weighted by Gasteiger charge is 2.09. The standard InChI is InChI=1S/C11H22N2O2/c1-4-13(5-2)11(14)9-7-8-10(12)15-6-3/h12H,4-9H2,1-3H3. The van der Waals surface area contributed by atoms with Crippen molar-refractivity contribution in [3.05, 3.63) is 0 Å².